The van der Waals surface area contributed by atoms with Crippen LogP contribution in [0.5, 0.6) is 0 Å². The number of hydrogen-bond donors (Lipinski definition) is 2. The Morgan fingerprint density at radius 1 is 1.11 bits per heavy atom. The molecule has 0 aliphatic rings. The molecule has 0 atom stereocenters. The molecular formula is C22H23N3O2S. The molecule has 0 bridgehead atoms. The van der Waals surface area contributed by atoms with E-state index in [1.165, 1.54) is 34.5 Å². The molecule has 1 aromatic heterocycles. The van der Waals surface area contributed by atoms with Crippen molar-refractivity contribution in [3.8, 4) is 0 Å². The fraction of sp³-hybridized carbons (Fsp3) is 0.227. The second kappa shape index (κ2) is 9.90. The Morgan fingerprint density at radius 3 is 2.64 bits per heavy atom. The van der Waals surface area contributed by atoms with Gasteiger partial charge in [-0.2, -0.15) is 0 Å². The smallest absolute Gasteiger partial charge is 0.251 e. The molecule has 0 radical (unpaired) electrons. The highest BCUT2D eigenvalue weighted by atomic mass is 32.2. The Morgan fingerprint density at radius 2 is 1.86 bits per heavy atom. The molecule has 0 unspecified atom stereocenters. The number of amides is 1. The van der Waals surface area contributed by atoms with Gasteiger partial charge in [-0.15, -0.1) is 0 Å². The summed E-state index contributed by atoms with van der Waals surface area (Å²) in [5, 5.41) is 3.42. The van der Waals surface area contributed by atoms with Gasteiger partial charge in [0.25, 0.3) is 5.56 Å². The molecule has 1 heterocycles. The predicted octanol–water partition coefficient (Wildman–Crippen LogP) is 3.27. The quantitative estimate of drug-likeness (QED) is 0.455. The maximum Gasteiger partial charge on any atom is 0.251 e. The lowest BCUT2D eigenvalue weighted by molar-refractivity contribution is -0.120. The van der Waals surface area contributed by atoms with Crippen LogP contribution in [-0.4, -0.2) is 22.4 Å². The highest BCUT2D eigenvalue weighted by molar-refractivity contribution is 7.98. The minimum absolute atomic E-state index is 0.0939. The van der Waals surface area contributed by atoms with Crippen LogP contribution in [0.1, 0.15) is 22.4 Å². The molecule has 0 aliphatic carbocycles. The number of nitrogens with zero attached hydrogens (tertiary/aromatic N) is 1. The Kier molecular flexibility index (Phi) is 7.03. The summed E-state index contributed by atoms with van der Waals surface area (Å²) in [6.07, 6.45) is 0.865. The molecule has 5 nitrogen and oxygen atoms in total. The summed E-state index contributed by atoms with van der Waals surface area (Å²) in [5.41, 5.74) is 3.81. The van der Waals surface area contributed by atoms with Crippen LogP contribution in [0, 0.1) is 6.92 Å². The summed E-state index contributed by atoms with van der Waals surface area (Å²) >= 11 is 1.46. The van der Waals surface area contributed by atoms with E-state index in [4.69, 9.17) is 0 Å². The number of thioether (sulfide) groups is 1. The Hall–Kier alpha value is -2.86. The van der Waals surface area contributed by atoms with Crippen LogP contribution in [0.4, 0.5) is 0 Å². The molecule has 0 spiro atoms. The van der Waals surface area contributed by atoms with Crippen molar-refractivity contribution in [2.45, 2.75) is 30.7 Å². The lowest BCUT2D eigenvalue weighted by Gasteiger charge is -2.07. The van der Waals surface area contributed by atoms with Crippen molar-refractivity contribution < 1.29 is 4.79 Å². The second-order valence-corrected chi connectivity index (χ2v) is 7.48. The van der Waals surface area contributed by atoms with Crippen molar-refractivity contribution in [3.05, 3.63) is 93.4 Å². The average molecular weight is 394 g/mol. The number of aromatic nitrogens is 2. The van der Waals surface area contributed by atoms with Crippen LogP contribution >= 0.6 is 11.8 Å². The number of H-pyrrole nitrogens is 1. The van der Waals surface area contributed by atoms with E-state index in [0.29, 0.717) is 23.1 Å². The molecule has 0 fully saturated rings. The number of aryl methyl sites for hydroxylation is 1. The zero-order chi connectivity index (χ0) is 19.8. The maximum atomic E-state index is 12.2. The summed E-state index contributed by atoms with van der Waals surface area (Å²) in [6, 6.07) is 19.5. The van der Waals surface area contributed by atoms with E-state index in [-0.39, 0.29) is 17.9 Å². The van der Waals surface area contributed by atoms with Gasteiger partial charge in [-0.1, -0.05) is 66.4 Å². The zero-order valence-electron chi connectivity index (χ0n) is 15.8. The van der Waals surface area contributed by atoms with Gasteiger partial charge in [0.1, 0.15) is 0 Å². The third-order valence-electron chi connectivity index (χ3n) is 4.32. The Balaban J connectivity index is 1.54. The minimum Gasteiger partial charge on any atom is -0.355 e. The van der Waals surface area contributed by atoms with Crippen LogP contribution in [-0.2, 0) is 23.4 Å². The van der Waals surface area contributed by atoms with Crippen molar-refractivity contribution >= 4 is 17.7 Å². The molecule has 28 heavy (non-hydrogen) atoms. The second-order valence-electron chi connectivity index (χ2n) is 6.52. The van der Waals surface area contributed by atoms with Gasteiger partial charge in [0.15, 0.2) is 5.16 Å². The van der Waals surface area contributed by atoms with Gasteiger partial charge in [0.2, 0.25) is 5.91 Å². The first-order chi connectivity index (χ1) is 13.6. The Labute approximate surface area is 168 Å². The number of carbonyl (C=O) groups excluding carboxylic acids is 1. The maximum absolute atomic E-state index is 12.2. The fourth-order valence-corrected chi connectivity index (χ4v) is 3.75. The van der Waals surface area contributed by atoms with Crippen LogP contribution in [0.25, 0.3) is 0 Å². The molecule has 6 heteroatoms. The molecule has 3 rings (SSSR count). The van der Waals surface area contributed by atoms with Crippen LogP contribution in [0.2, 0.25) is 0 Å². The number of nitrogens with one attached hydrogen (secondary N) is 2. The minimum atomic E-state index is -0.241. The van der Waals surface area contributed by atoms with Gasteiger partial charge in [0.05, 0.1) is 12.1 Å². The molecule has 0 aliphatic heterocycles. The average Bonchev–Trinajstić information content (AvgIpc) is 2.68. The van der Waals surface area contributed by atoms with E-state index in [0.717, 1.165) is 6.42 Å². The van der Waals surface area contributed by atoms with E-state index < -0.39 is 0 Å². The van der Waals surface area contributed by atoms with Crippen molar-refractivity contribution in [2.24, 2.45) is 0 Å². The van der Waals surface area contributed by atoms with Crippen molar-refractivity contribution in [1.29, 1.82) is 0 Å². The molecule has 1 amide bonds. The summed E-state index contributed by atoms with van der Waals surface area (Å²) < 4.78 is 0. The third-order valence-corrected chi connectivity index (χ3v) is 5.24. The first-order valence-corrected chi connectivity index (χ1v) is 10.2. The van der Waals surface area contributed by atoms with E-state index in [2.05, 4.69) is 34.3 Å². The van der Waals surface area contributed by atoms with Gasteiger partial charge in [-0.25, -0.2) is 4.98 Å². The lowest BCUT2D eigenvalue weighted by atomic mass is 10.1. The molecule has 0 saturated heterocycles. The molecule has 2 N–H and O–H groups in total. The number of aromatic amines is 1. The summed E-state index contributed by atoms with van der Waals surface area (Å²) in [4.78, 5) is 31.3. The first-order valence-electron chi connectivity index (χ1n) is 9.18. The van der Waals surface area contributed by atoms with Crippen LogP contribution in [0.15, 0.2) is 70.6 Å². The summed E-state index contributed by atoms with van der Waals surface area (Å²) in [7, 11) is 0. The number of carbonyl (C=O) groups is 1. The normalized spacial score (nSPS) is 10.6. The molecule has 3 aromatic rings. The zero-order valence-corrected chi connectivity index (χ0v) is 16.6. The van der Waals surface area contributed by atoms with E-state index >= 15 is 0 Å². The fourth-order valence-electron chi connectivity index (χ4n) is 2.78. The standard InChI is InChI=1S/C22H23N3O2S/c1-16-7-5-6-10-18(16)15-28-22-24-19(14-21(27)25-22)13-20(26)23-12-11-17-8-3-2-4-9-17/h2-10,14H,11-13,15H2,1H3,(H,23,26)(H,24,25,27). The highest BCUT2D eigenvalue weighted by Crippen LogP contribution is 2.20. The van der Waals surface area contributed by atoms with Crippen molar-refractivity contribution in [1.82, 2.24) is 15.3 Å². The summed E-state index contributed by atoms with van der Waals surface area (Å²) in [6.45, 7) is 2.61. The van der Waals surface area contributed by atoms with Gasteiger partial charge in [-0.05, 0) is 30.0 Å². The van der Waals surface area contributed by atoms with E-state index in [1.54, 1.807) is 0 Å². The van der Waals surface area contributed by atoms with Crippen LogP contribution < -0.4 is 10.9 Å². The van der Waals surface area contributed by atoms with Gasteiger partial charge in [-0.3, -0.25) is 9.59 Å². The van der Waals surface area contributed by atoms with Gasteiger partial charge < -0.3 is 10.3 Å². The molecular weight excluding hydrogens is 370 g/mol. The lowest BCUT2D eigenvalue weighted by Crippen LogP contribution is -2.28. The van der Waals surface area contributed by atoms with Gasteiger partial charge in [0, 0.05) is 18.4 Å². The topological polar surface area (TPSA) is 74.8 Å². The highest BCUT2D eigenvalue weighted by Gasteiger charge is 2.08. The largest absolute Gasteiger partial charge is 0.355 e. The van der Waals surface area contributed by atoms with E-state index in [9.17, 15) is 9.59 Å². The summed E-state index contributed by atoms with van der Waals surface area (Å²) in [5.74, 6) is 0.575. The van der Waals surface area contributed by atoms with Gasteiger partial charge >= 0.3 is 0 Å². The van der Waals surface area contributed by atoms with E-state index in [1.807, 2.05) is 42.5 Å². The number of hydrogen-bond acceptors (Lipinski definition) is 4. The first kappa shape index (κ1) is 19.9. The van der Waals surface area contributed by atoms with Crippen molar-refractivity contribution in [3.63, 3.8) is 0 Å². The molecule has 144 valence electrons. The Bertz CT molecular complexity index is 986. The number of benzene rings is 2. The SMILES string of the molecule is Cc1ccccc1CSc1nc(CC(=O)NCCc2ccccc2)cc(=O)[nH]1. The monoisotopic (exact) mass is 393 g/mol. The van der Waals surface area contributed by atoms with Crippen molar-refractivity contribution in [2.75, 3.05) is 6.54 Å². The number of rotatable bonds is 8. The van der Waals surface area contributed by atoms with Crippen LogP contribution in [0.3, 0.4) is 0 Å². The predicted molar refractivity (Wildman–Crippen MR) is 112 cm³/mol. The third kappa shape index (κ3) is 6.09. The molecule has 2 aromatic carbocycles. The molecule has 0 saturated carbocycles.